The Morgan fingerprint density at radius 1 is 1.02 bits per heavy atom. The molecule has 3 aliphatic heterocycles. The van der Waals surface area contributed by atoms with Crippen molar-refractivity contribution in [1.82, 2.24) is 9.97 Å². The first-order valence-corrected chi connectivity index (χ1v) is 17.3. The summed E-state index contributed by atoms with van der Waals surface area (Å²) < 4.78 is 43.2. The largest absolute Gasteiger partial charge is 0.494 e. The fourth-order valence-corrected chi connectivity index (χ4v) is 7.32. The van der Waals surface area contributed by atoms with Gasteiger partial charge in [0.05, 0.1) is 41.5 Å². The molecule has 2 aromatic carbocycles. The minimum Gasteiger partial charge on any atom is -0.494 e. The minimum atomic E-state index is -2.75. The number of halogens is 1. The number of aryl methyl sites for hydroxylation is 1. The van der Waals surface area contributed by atoms with Crippen molar-refractivity contribution < 1.29 is 28.2 Å². The van der Waals surface area contributed by atoms with Gasteiger partial charge in [-0.1, -0.05) is 0 Å². The van der Waals surface area contributed by atoms with E-state index >= 15 is 0 Å². The van der Waals surface area contributed by atoms with E-state index in [1.165, 1.54) is 0 Å². The number of methoxy groups -OCH3 is 1. The average Bonchev–Trinajstić information content (AvgIpc) is 3.42. The third kappa shape index (κ3) is 5.77. The summed E-state index contributed by atoms with van der Waals surface area (Å²) in [5, 5.41) is 7.23. The summed E-state index contributed by atoms with van der Waals surface area (Å²) in [6.07, 6.45) is 3.32. The molecular formula is C29H35BrN5O6P. The summed E-state index contributed by atoms with van der Waals surface area (Å²) in [4.78, 5) is 11.5. The molecule has 42 heavy (non-hydrogen) atoms. The van der Waals surface area contributed by atoms with Crippen molar-refractivity contribution in [3.63, 3.8) is 0 Å². The highest BCUT2D eigenvalue weighted by Crippen LogP contribution is 2.47. The van der Waals surface area contributed by atoms with E-state index in [4.69, 9.17) is 28.7 Å². The van der Waals surface area contributed by atoms with Crippen molar-refractivity contribution in [2.24, 2.45) is 0 Å². The number of nitrogens with zero attached hydrogens (tertiary/aromatic N) is 3. The van der Waals surface area contributed by atoms with Crippen molar-refractivity contribution in [2.45, 2.75) is 25.6 Å². The van der Waals surface area contributed by atoms with Gasteiger partial charge in [0.15, 0.2) is 17.3 Å². The van der Waals surface area contributed by atoms with E-state index in [1.54, 1.807) is 26.6 Å². The van der Waals surface area contributed by atoms with Gasteiger partial charge in [0.25, 0.3) is 0 Å². The van der Waals surface area contributed by atoms with Crippen LogP contribution in [0.4, 0.5) is 28.8 Å². The summed E-state index contributed by atoms with van der Waals surface area (Å²) >= 11 is 3.55. The first-order valence-electron chi connectivity index (χ1n) is 13.9. The Morgan fingerprint density at radius 3 is 2.48 bits per heavy atom. The molecule has 2 N–H and O–H groups in total. The van der Waals surface area contributed by atoms with Crippen LogP contribution in [0, 0.1) is 6.92 Å². The lowest BCUT2D eigenvalue weighted by molar-refractivity contribution is -0.169. The summed E-state index contributed by atoms with van der Waals surface area (Å²) in [6.45, 7) is 9.37. The van der Waals surface area contributed by atoms with E-state index in [2.05, 4.69) is 43.4 Å². The molecule has 0 unspecified atom stereocenters. The van der Waals surface area contributed by atoms with Gasteiger partial charge >= 0.3 is 0 Å². The number of hydrogen-bond donors (Lipinski definition) is 2. The lowest BCUT2D eigenvalue weighted by Gasteiger charge is -2.39. The quantitative estimate of drug-likeness (QED) is 0.317. The zero-order valence-corrected chi connectivity index (χ0v) is 26.6. The highest BCUT2D eigenvalue weighted by Gasteiger charge is 2.40. The molecule has 0 aliphatic carbocycles. The van der Waals surface area contributed by atoms with Crippen molar-refractivity contribution in [1.29, 1.82) is 0 Å². The van der Waals surface area contributed by atoms with Crippen LogP contribution in [-0.2, 0) is 14.0 Å². The van der Waals surface area contributed by atoms with E-state index in [0.29, 0.717) is 70.9 Å². The molecule has 0 amide bonds. The second-order valence-corrected chi connectivity index (χ2v) is 14.9. The van der Waals surface area contributed by atoms with Crippen LogP contribution in [0.3, 0.4) is 0 Å². The fraction of sp³-hybridized carbons (Fsp3) is 0.448. The molecular weight excluding hydrogens is 625 g/mol. The predicted molar refractivity (Wildman–Crippen MR) is 167 cm³/mol. The van der Waals surface area contributed by atoms with E-state index in [0.717, 1.165) is 42.9 Å². The van der Waals surface area contributed by atoms with Crippen molar-refractivity contribution in [2.75, 3.05) is 75.5 Å². The summed E-state index contributed by atoms with van der Waals surface area (Å²) in [5.41, 5.74) is 3.58. The van der Waals surface area contributed by atoms with E-state index in [9.17, 15) is 4.57 Å². The lowest BCUT2D eigenvalue weighted by atomic mass is 10.0. The third-order valence-electron chi connectivity index (χ3n) is 7.66. The van der Waals surface area contributed by atoms with Gasteiger partial charge in [-0.05, 0) is 59.9 Å². The van der Waals surface area contributed by atoms with Gasteiger partial charge in [-0.2, -0.15) is 4.98 Å². The zero-order chi connectivity index (χ0) is 29.5. The van der Waals surface area contributed by atoms with Gasteiger partial charge < -0.3 is 43.8 Å². The highest BCUT2D eigenvalue weighted by molar-refractivity contribution is 9.10. The second-order valence-electron chi connectivity index (χ2n) is 10.9. The Balaban J connectivity index is 1.25. The molecule has 3 aromatic rings. The number of fused-ring (bicyclic) bond motifs is 1. The Hall–Kier alpha value is -3.05. The monoisotopic (exact) mass is 659 g/mol. The van der Waals surface area contributed by atoms with Crippen LogP contribution in [0.5, 0.6) is 17.2 Å². The molecule has 2 saturated heterocycles. The van der Waals surface area contributed by atoms with Crippen LogP contribution >= 0.6 is 23.1 Å². The lowest BCUT2D eigenvalue weighted by Crippen LogP contribution is -2.45. The molecule has 0 bridgehead atoms. The van der Waals surface area contributed by atoms with Gasteiger partial charge in [0.2, 0.25) is 5.95 Å². The van der Waals surface area contributed by atoms with Crippen molar-refractivity contribution in [3.05, 3.63) is 40.5 Å². The SMILES string of the molecule is COc1cc(N2CCC3(CC2)OCCO3)c(C)cc1Nc1ncc(Br)c(Nc2ccc3c(c2P(C)(C)=O)OCCO3)n1. The maximum atomic E-state index is 13.3. The Morgan fingerprint density at radius 2 is 1.76 bits per heavy atom. The van der Waals surface area contributed by atoms with Gasteiger partial charge in [0.1, 0.15) is 31.9 Å². The minimum absolute atomic E-state index is 0.372. The Kier molecular flexibility index (Phi) is 7.99. The molecule has 0 radical (unpaired) electrons. The maximum absolute atomic E-state index is 13.3. The molecule has 1 spiro atoms. The first-order chi connectivity index (χ1) is 20.2. The molecule has 4 heterocycles. The number of rotatable bonds is 7. The van der Waals surface area contributed by atoms with E-state index < -0.39 is 12.9 Å². The van der Waals surface area contributed by atoms with Crippen LogP contribution in [0.2, 0.25) is 0 Å². The van der Waals surface area contributed by atoms with Crippen LogP contribution < -0.4 is 35.0 Å². The summed E-state index contributed by atoms with van der Waals surface area (Å²) in [5.74, 6) is 2.23. The second kappa shape index (κ2) is 11.6. The number of aromatic nitrogens is 2. The fourth-order valence-electron chi connectivity index (χ4n) is 5.66. The van der Waals surface area contributed by atoms with Crippen molar-refractivity contribution >= 4 is 57.2 Å². The molecule has 1 aromatic heterocycles. The standard InChI is InChI=1S/C29H35BrN5O6P/c1-18-15-21(24(37-2)16-22(18)35-9-7-29(8-10-35)40-13-14-41-29)33-28-31-17-19(30)27(34-28)32-20-5-6-23-25(39-12-11-38-23)26(20)42(3,4)36/h5-6,15-17H,7-14H2,1-4H3,(H2,31,32,33,34). The summed E-state index contributed by atoms with van der Waals surface area (Å²) in [7, 11) is -1.10. The Labute approximate surface area is 253 Å². The average molecular weight is 661 g/mol. The van der Waals surface area contributed by atoms with Crippen LogP contribution in [0.1, 0.15) is 18.4 Å². The zero-order valence-electron chi connectivity index (χ0n) is 24.2. The molecule has 2 fully saturated rings. The first kappa shape index (κ1) is 29.0. The molecule has 0 atom stereocenters. The number of anilines is 5. The molecule has 3 aliphatic rings. The number of benzene rings is 2. The summed E-state index contributed by atoms with van der Waals surface area (Å²) in [6, 6.07) is 7.74. The molecule has 6 rings (SSSR count). The normalized spacial score (nSPS) is 17.8. The molecule has 0 saturated carbocycles. The Bertz CT molecular complexity index is 1530. The number of ether oxygens (including phenoxy) is 5. The molecule has 11 nitrogen and oxygen atoms in total. The predicted octanol–water partition coefficient (Wildman–Crippen LogP) is 5.41. The van der Waals surface area contributed by atoms with E-state index in [-0.39, 0.29) is 0 Å². The smallest absolute Gasteiger partial charge is 0.229 e. The molecule has 13 heteroatoms. The van der Waals surface area contributed by atoms with Gasteiger partial charge in [0, 0.05) is 43.9 Å². The van der Waals surface area contributed by atoms with Crippen LogP contribution in [0.15, 0.2) is 34.9 Å². The molecule has 224 valence electrons. The van der Waals surface area contributed by atoms with Crippen LogP contribution in [0.25, 0.3) is 0 Å². The third-order valence-corrected chi connectivity index (χ3v) is 9.76. The maximum Gasteiger partial charge on any atom is 0.229 e. The highest BCUT2D eigenvalue weighted by atomic mass is 79.9. The topological polar surface area (TPSA) is 116 Å². The van der Waals surface area contributed by atoms with Gasteiger partial charge in [-0.3, -0.25) is 0 Å². The number of hydrogen-bond acceptors (Lipinski definition) is 11. The number of nitrogens with one attached hydrogen (secondary N) is 2. The van der Waals surface area contributed by atoms with E-state index in [1.807, 2.05) is 24.3 Å². The van der Waals surface area contributed by atoms with Crippen LogP contribution in [-0.4, -0.2) is 75.7 Å². The van der Waals surface area contributed by atoms with Crippen molar-refractivity contribution in [3.8, 4) is 17.2 Å². The van der Waals surface area contributed by atoms with Gasteiger partial charge in [-0.25, -0.2) is 4.98 Å². The van der Waals surface area contributed by atoms with Gasteiger partial charge in [-0.15, -0.1) is 0 Å². The number of piperidine rings is 1.